The van der Waals surface area contributed by atoms with E-state index >= 15 is 0 Å². The summed E-state index contributed by atoms with van der Waals surface area (Å²) in [6.45, 7) is 5.43. The molecule has 134 valence electrons. The van der Waals surface area contributed by atoms with E-state index < -0.39 is 16.0 Å². The predicted octanol–water partition coefficient (Wildman–Crippen LogP) is 2.45. The number of hydrogen-bond acceptors (Lipinski definition) is 5. The molecule has 1 amide bonds. The maximum Gasteiger partial charge on any atom is 0.294 e. The van der Waals surface area contributed by atoms with E-state index in [4.69, 9.17) is 19.8 Å². The SMILES string of the molecule is Cc1c(C(N)=O)ccc2c1OC(C)O2.Cc1ccc(S(=O)(=O)O)cc1. The van der Waals surface area contributed by atoms with E-state index in [1.54, 1.807) is 38.1 Å². The predicted molar refractivity (Wildman–Crippen MR) is 91.4 cm³/mol. The van der Waals surface area contributed by atoms with Crippen molar-refractivity contribution in [3.63, 3.8) is 0 Å². The van der Waals surface area contributed by atoms with Crippen LogP contribution in [0.1, 0.15) is 28.4 Å². The smallest absolute Gasteiger partial charge is 0.294 e. The normalized spacial score (nSPS) is 15.3. The summed E-state index contributed by atoms with van der Waals surface area (Å²) in [4.78, 5) is 11.0. The Hall–Kier alpha value is -2.58. The molecule has 25 heavy (non-hydrogen) atoms. The first-order chi connectivity index (χ1) is 11.6. The van der Waals surface area contributed by atoms with Crippen LogP contribution in [0, 0.1) is 13.8 Å². The number of aryl methyl sites for hydroxylation is 1. The Bertz CT molecular complexity index is 890. The van der Waals surface area contributed by atoms with E-state index in [1.165, 1.54) is 12.1 Å². The van der Waals surface area contributed by atoms with Crippen LogP contribution in [0.15, 0.2) is 41.3 Å². The number of benzene rings is 2. The first-order valence-corrected chi connectivity index (χ1v) is 8.84. The summed E-state index contributed by atoms with van der Waals surface area (Å²) >= 11 is 0. The molecule has 7 nitrogen and oxygen atoms in total. The molecule has 0 radical (unpaired) electrons. The van der Waals surface area contributed by atoms with E-state index in [0.29, 0.717) is 17.1 Å². The van der Waals surface area contributed by atoms with E-state index in [9.17, 15) is 13.2 Å². The molecule has 0 bridgehead atoms. The zero-order valence-corrected chi connectivity index (χ0v) is 14.8. The van der Waals surface area contributed by atoms with Crippen LogP contribution in [-0.2, 0) is 10.1 Å². The molecule has 3 rings (SSSR count). The van der Waals surface area contributed by atoms with Gasteiger partial charge in [-0.15, -0.1) is 0 Å². The van der Waals surface area contributed by atoms with Crippen LogP contribution < -0.4 is 15.2 Å². The van der Waals surface area contributed by atoms with Crippen LogP contribution in [0.25, 0.3) is 0 Å². The lowest BCUT2D eigenvalue weighted by Crippen LogP contribution is -2.13. The quantitative estimate of drug-likeness (QED) is 0.790. The molecule has 0 aromatic heterocycles. The Morgan fingerprint density at radius 3 is 2.20 bits per heavy atom. The molecule has 1 aliphatic rings. The summed E-state index contributed by atoms with van der Waals surface area (Å²) in [6, 6.07) is 9.34. The third-order valence-electron chi connectivity index (χ3n) is 3.53. The maximum absolute atomic E-state index is 11.0. The van der Waals surface area contributed by atoms with Crippen LogP contribution >= 0.6 is 0 Å². The molecule has 0 spiro atoms. The average Bonchev–Trinajstić information content (AvgIpc) is 2.89. The van der Waals surface area contributed by atoms with Crippen LogP contribution in [0.4, 0.5) is 0 Å². The Balaban J connectivity index is 0.000000186. The highest BCUT2D eigenvalue weighted by atomic mass is 32.2. The minimum Gasteiger partial charge on any atom is -0.451 e. The number of primary amides is 1. The van der Waals surface area contributed by atoms with Gasteiger partial charge in [-0.25, -0.2) is 0 Å². The number of carbonyl (C=O) groups excluding carboxylic acids is 1. The van der Waals surface area contributed by atoms with Crippen molar-refractivity contribution in [2.45, 2.75) is 32.0 Å². The van der Waals surface area contributed by atoms with Crippen molar-refractivity contribution in [2.24, 2.45) is 5.73 Å². The van der Waals surface area contributed by atoms with Crippen LogP contribution in [0.2, 0.25) is 0 Å². The monoisotopic (exact) mass is 365 g/mol. The van der Waals surface area contributed by atoms with E-state index in [1.807, 2.05) is 6.92 Å². The number of amides is 1. The molecule has 1 aliphatic heterocycles. The lowest BCUT2D eigenvalue weighted by Gasteiger charge is -2.04. The van der Waals surface area contributed by atoms with Crippen LogP contribution in [0.3, 0.4) is 0 Å². The van der Waals surface area contributed by atoms with E-state index in [0.717, 1.165) is 11.1 Å². The summed E-state index contributed by atoms with van der Waals surface area (Å²) in [5.41, 5.74) is 7.37. The second-order valence-electron chi connectivity index (χ2n) is 5.52. The third-order valence-corrected chi connectivity index (χ3v) is 4.40. The molecule has 1 atom stereocenters. The van der Waals surface area contributed by atoms with Gasteiger partial charge in [-0.05, 0) is 38.1 Å². The lowest BCUT2D eigenvalue weighted by molar-refractivity contribution is 0.0674. The van der Waals surface area contributed by atoms with Crippen molar-refractivity contribution in [3.05, 3.63) is 53.1 Å². The van der Waals surface area contributed by atoms with Gasteiger partial charge >= 0.3 is 0 Å². The standard InChI is InChI=1S/C10H11NO3.C7H8O3S/c1-5-7(10(11)12)3-4-8-9(5)14-6(2)13-8;1-6-2-4-7(5-3-6)11(8,9)10/h3-4,6H,1-2H3,(H2,11,12);2-5H,1H3,(H,8,9,10). The fourth-order valence-electron chi connectivity index (χ4n) is 2.25. The first kappa shape index (κ1) is 18.8. The minimum atomic E-state index is -4.02. The van der Waals surface area contributed by atoms with E-state index in [-0.39, 0.29) is 11.2 Å². The number of rotatable bonds is 2. The molecule has 2 aromatic rings. The van der Waals surface area contributed by atoms with Crippen molar-refractivity contribution in [3.8, 4) is 11.5 Å². The van der Waals surface area contributed by atoms with Gasteiger partial charge in [0.15, 0.2) is 11.5 Å². The van der Waals surface area contributed by atoms with Crippen molar-refractivity contribution in [2.75, 3.05) is 0 Å². The van der Waals surface area contributed by atoms with E-state index in [2.05, 4.69) is 0 Å². The molecule has 1 unspecified atom stereocenters. The van der Waals surface area contributed by atoms with Gasteiger partial charge in [-0.1, -0.05) is 17.7 Å². The summed E-state index contributed by atoms with van der Waals surface area (Å²) < 4.78 is 40.3. The number of ether oxygens (including phenoxy) is 2. The zero-order valence-electron chi connectivity index (χ0n) is 14.0. The molecular formula is C17H19NO6S. The fourth-order valence-corrected chi connectivity index (χ4v) is 2.73. The molecule has 0 saturated heterocycles. The number of fused-ring (bicyclic) bond motifs is 1. The van der Waals surface area contributed by atoms with Gasteiger partial charge in [-0.3, -0.25) is 9.35 Å². The third kappa shape index (κ3) is 4.49. The highest BCUT2D eigenvalue weighted by Gasteiger charge is 2.24. The van der Waals surface area contributed by atoms with Crippen molar-refractivity contribution in [1.82, 2.24) is 0 Å². The van der Waals surface area contributed by atoms with Crippen LogP contribution in [-0.4, -0.2) is 25.2 Å². The number of carbonyl (C=O) groups is 1. The molecular weight excluding hydrogens is 346 g/mol. The second kappa shape index (κ2) is 7.12. The highest BCUT2D eigenvalue weighted by Crippen LogP contribution is 2.38. The molecule has 1 heterocycles. The molecule has 0 aliphatic carbocycles. The first-order valence-electron chi connectivity index (χ1n) is 7.40. The fraction of sp³-hybridized carbons (Fsp3) is 0.235. The highest BCUT2D eigenvalue weighted by molar-refractivity contribution is 7.85. The van der Waals surface area contributed by atoms with Gasteiger partial charge in [0, 0.05) is 18.1 Å². The summed E-state index contributed by atoms with van der Waals surface area (Å²) in [5.74, 6) is 0.835. The Morgan fingerprint density at radius 1 is 1.08 bits per heavy atom. The van der Waals surface area contributed by atoms with Crippen molar-refractivity contribution < 1.29 is 27.2 Å². The number of hydrogen-bond donors (Lipinski definition) is 2. The molecule has 0 saturated carbocycles. The molecule has 8 heteroatoms. The maximum atomic E-state index is 11.0. The van der Waals surface area contributed by atoms with Crippen LogP contribution in [0.5, 0.6) is 11.5 Å². The number of nitrogens with two attached hydrogens (primary N) is 1. The van der Waals surface area contributed by atoms with Gasteiger partial charge < -0.3 is 15.2 Å². The summed E-state index contributed by atoms with van der Waals surface area (Å²) in [5, 5.41) is 0. The van der Waals surface area contributed by atoms with Crippen molar-refractivity contribution >= 4 is 16.0 Å². The van der Waals surface area contributed by atoms with Gasteiger partial charge in [0.2, 0.25) is 12.2 Å². The largest absolute Gasteiger partial charge is 0.451 e. The molecule has 2 aromatic carbocycles. The second-order valence-corrected chi connectivity index (χ2v) is 6.94. The summed E-state index contributed by atoms with van der Waals surface area (Å²) in [7, 11) is -4.02. The van der Waals surface area contributed by atoms with Gasteiger partial charge in [0.25, 0.3) is 10.1 Å². The van der Waals surface area contributed by atoms with Crippen molar-refractivity contribution in [1.29, 1.82) is 0 Å². The summed E-state index contributed by atoms with van der Waals surface area (Å²) in [6.07, 6.45) is -0.299. The molecule has 3 N–H and O–H groups in total. The van der Waals surface area contributed by atoms with Gasteiger partial charge in [-0.2, -0.15) is 8.42 Å². The Labute approximate surface area is 146 Å². The topological polar surface area (TPSA) is 116 Å². The Morgan fingerprint density at radius 2 is 1.68 bits per heavy atom. The van der Waals surface area contributed by atoms with Gasteiger partial charge in [0.1, 0.15) is 0 Å². The Kier molecular flexibility index (Phi) is 5.34. The van der Waals surface area contributed by atoms with Gasteiger partial charge in [0.05, 0.1) is 4.90 Å². The minimum absolute atomic E-state index is 0.0666. The molecule has 0 fully saturated rings. The zero-order chi connectivity index (χ0) is 18.8. The lowest BCUT2D eigenvalue weighted by atomic mass is 10.1. The average molecular weight is 365 g/mol.